The van der Waals surface area contributed by atoms with Gasteiger partial charge in [0, 0.05) is 18.4 Å². The number of carbonyl (C=O) groups excluding carboxylic acids is 1. The Hall–Kier alpha value is -0.750. The van der Waals surface area contributed by atoms with E-state index in [-0.39, 0.29) is 17.6 Å². The fourth-order valence-corrected chi connectivity index (χ4v) is 4.41. The van der Waals surface area contributed by atoms with Crippen molar-refractivity contribution in [1.29, 1.82) is 0 Å². The Morgan fingerprint density at radius 3 is 2.67 bits per heavy atom. The average Bonchev–Trinajstić information content (AvgIpc) is 2.81. The Kier molecular flexibility index (Phi) is 5.93. The summed E-state index contributed by atoms with van der Waals surface area (Å²) in [5.41, 5.74) is 0.118. The van der Waals surface area contributed by atoms with Crippen LogP contribution in [0.15, 0.2) is 0 Å². The quantitative estimate of drug-likeness (QED) is 0.786. The molecule has 2 aliphatic rings. The first-order chi connectivity index (χ1) is 10.0. The van der Waals surface area contributed by atoms with Gasteiger partial charge in [0.1, 0.15) is 6.04 Å². The summed E-state index contributed by atoms with van der Waals surface area (Å²) in [5.74, 6) is -0.0811. The molecule has 1 aliphatic heterocycles. The van der Waals surface area contributed by atoms with Crippen LogP contribution in [-0.4, -0.2) is 46.2 Å². The highest BCUT2D eigenvalue weighted by Gasteiger charge is 2.40. The molecule has 0 aromatic rings. The lowest BCUT2D eigenvalue weighted by molar-refractivity contribution is -0.140. The molecule has 1 heterocycles. The lowest BCUT2D eigenvalue weighted by Crippen LogP contribution is -2.41. The average molecular weight is 315 g/mol. The van der Waals surface area contributed by atoms with Crippen molar-refractivity contribution in [2.75, 3.05) is 11.5 Å². The van der Waals surface area contributed by atoms with E-state index in [9.17, 15) is 9.59 Å². The summed E-state index contributed by atoms with van der Waals surface area (Å²) in [7, 11) is 0. The van der Waals surface area contributed by atoms with Gasteiger partial charge in [0.25, 0.3) is 0 Å². The van der Waals surface area contributed by atoms with Crippen LogP contribution in [0, 0.1) is 0 Å². The molecule has 1 amide bonds. The number of nitrogens with one attached hydrogen (secondary N) is 1. The molecule has 21 heavy (non-hydrogen) atoms. The standard InChI is InChI=1S/C15H25NO4S/c1-11(17)16-13(14(18)19)10-21-9-12-5-8-15(20-12)6-3-2-4-7-15/h12-13H,2-10H2,1H3,(H,16,17)(H,18,19)/t12?,13-/m0/s1. The largest absolute Gasteiger partial charge is 0.480 e. The van der Waals surface area contributed by atoms with Crippen molar-refractivity contribution < 1.29 is 19.4 Å². The summed E-state index contributed by atoms with van der Waals surface area (Å²) in [4.78, 5) is 22.0. The molecule has 6 heteroatoms. The van der Waals surface area contributed by atoms with Crippen molar-refractivity contribution in [2.24, 2.45) is 0 Å². The molecule has 1 spiro atoms. The highest BCUT2D eigenvalue weighted by molar-refractivity contribution is 7.99. The third-order valence-corrected chi connectivity index (χ3v) is 5.54. The van der Waals surface area contributed by atoms with Crippen molar-refractivity contribution in [3.8, 4) is 0 Å². The first-order valence-corrected chi connectivity index (χ1v) is 8.92. The van der Waals surface area contributed by atoms with E-state index in [1.54, 1.807) is 11.8 Å². The van der Waals surface area contributed by atoms with Gasteiger partial charge in [-0.25, -0.2) is 4.79 Å². The molecule has 5 nitrogen and oxygen atoms in total. The number of ether oxygens (including phenoxy) is 1. The van der Waals surface area contributed by atoms with Crippen LogP contribution in [0.5, 0.6) is 0 Å². The van der Waals surface area contributed by atoms with Crippen molar-refractivity contribution in [3.63, 3.8) is 0 Å². The second-order valence-corrected chi connectivity index (χ2v) is 7.23. The maximum absolute atomic E-state index is 11.0. The molecule has 0 aromatic heterocycles. The Morgan fingerprint density at radius 2 is 2.05 bits per heavy atom. The Balaban J connectivity index is 1.71. The second-order valence-electron chi connectivity index (χ2n) is 6.15. The molecule has 1 saturated carbocycles. The lowest BCUT2D eigenvalue weighted by atomic mass is 9.83. The van der Waals surface area contributed by atoms with Gasteiger partial charge in [-0.05, 0) is 25.7 Å². The fourth-order valence-electron chi connectivity index (χ4n) is 3.31. The monoisotopic (exact) mass is 315 g/mol. The fraction of sp³-hybridized carbons (Fsp3) is 0.867. The first kappa shape index (κ1) is 16.6. The maximum Gasteiger partial charge on any atom is 0.327 e. The molecule has 2 fully saturated rings. The van der Waals surface area contributed by atoms with E-state index in [4.69, 9.17) is 9.84 Å². The van der Waals surface area contributed by atoms with Gasteiger partial charge in [-0.2, -0.15) is 11.8 Å². The van der Waals surface area contributed by atoms with Gasteiger partial charge in [-0.15, -0.1) is 0 Å². The van der Waals surface area contributed by atoms with Gasteiger partial charge in [0.15, 0.2) is 0 Å². The van der Waals surface area contributed by atoms with Crippen LogP contribution in [0.2, 0.25) is 0 Å². The van der Waals surface area contributed by atoms with Crippen molar-refractivity contribution in [3.05, 3.63) is 0 Å². The van der Waals surface area contributed by atoms with E-state index in [2.05, 4.69) is 5.32 Å². The molecule has 1 aliphatic carbocycles. The van der Waals surface area contributed by atoms with Gasteiger partial charge in [0.2, 0.25) is 5.91 Å². The summed E-state index contributed by atoms with van der Waals surface area (Å²) in [6.45, 7) is 1.34. The number of amides is 1. The predicted octanol–water partition coefficient (Wildman–Crippen LogP) is 2.19. The van der Waals surface area contributed by atoms with Gasteiger partial charge in [0.05, 0.1) is 11.7 Å². The minimum absolute atomic E-state index is 0.118. The number of hydrogen-bond acceptors (Lipinski definition) is 4. The molecule has 1 saturated heterocycles. The molecule has 0 aromatic carbocycles. The van der Waals surface area contributed by atoms with Crippen LogP contribution in [0.25, 0.3) is 0 Å². The summed E-state index contributed by atoms with van der Waals surface area (Å²) in [6, 6.07) is -0.808. The zero-order valence-corrected chi connectivity index (χ0v) is 13.4. The molecule has 2 N–H and O–H groups in total. The maximum atomic E-state index is 11.0. The topological polar surface area (TPSA) is 75.6 Å². The second kappa shape index (κ2) is 7.49. The minimum atomic E-state index is -0.978. The number of thioether (sulfide) groups is 1. The van der Waals surface area contributed by atoms with Crippen molar-refractivity contribution in [1.82, 2.24) is 5.32 Å². The summed E-state index contributed by atoms with van der Waals surface area (Å²) >= 11 is 1.56. The highest BCUT2D eigenvalue weighted by Crippen LogP contribution is 2.42. The number of carbonyl (C=O) groups is 2. The summed E-state index contributed by atoms with van der Waals surface area (Å²) in [6.07, 6.45) is 8.67. The molecule has 1 unspecified atom stereocenters. The van der Waals surface area contributed by atoms with Crippen LogP contribution in [0.1, 0.15) is 51.9 Å². The van der Waals surface area contributed by atoms with Crippen LogP contribution in [0.4, 0.5) is 0 Å². The smallest absolute Gasteiger partial charge is 0.327 e. The Bertz CT molecular complexity index is 382. The molecular formula is C15H25NO4S. The molecule has 0 radical (unpaired) electrons. The van der Waals surface area contributed by atoms with Crippen molar-refractivity contribution in [2.45, 2.75) is 69.6 Å². The Morgan fingerprint density at radius 1 is 1.33 bits per heavy atom. The molecule has 2 rings (SSSR count). The third kappa shape index (κ3) is 4.88. The van der Waals surface area contributed by atoms with E-state index in [0.29, 0.717) is 5.75 Å². The summed E-state index contributed by atoms with van der Waals surface area (Å²) < 4.78 is 6.26. The van der Waals surface area contributed by atoms with Gasteiger partial charge >= 0.3 is 5.97 Å². The normalized spacial score (nSPS) is 25.7. The van der Waals surface area contributed by atoms with Gasteiger partial charge in [-0.3, -0.25) is 4.79 Å². The molecular weight excluding hydrogens is 290 g/mol. The van der Waals surface area contributed by atoms with Crippen LogP contribution < -0.4 is 5.32 Å². The number of carboxylic acids is 1. The van der Waals surface area contributed by atoms with E-state index in [1.165, 1.54) is 39.0 Å². The minimum Gasteiger partial charge on any atom is -0.480 e. The zero-order valence-electron chi connectivity index (χ0n) is 12.6. The van der Waals surface area contributed by atoms with Crippen LogP contribution in [-0.2, 0) is 14.3 Å². The van der Waals surface area contributed by atoms with E-state index in [0.717, 1.165) is 18.6 Å². The molecule has 0 bridgehead atoms. The zero-order chi connectivity index (χ0) is 15.3. The van der Waals surface area contributed by atoms with Gasteiger partial charge < -0.3 is 15.2 Å². The van der Waals surface area contributed by atoms with Crippen LogP contribution in [0.3, 0.4) is 0 Å². The number of rotatable bonds is 6. The van der Waals surface area contributed by atoms with E-state index < -0.39 is 12.0 Å². The number of aliphatic carboxylic acids is 1. The van der Waals surface area contributed by atoms with Crippen LogP contribution >= 0.6 is 11.8 Å². The van der Waals surface area contributed by atoms with E-state index in [1.807, 2.05) is 0 Å². The number of carboxylic acid groups (broad SMARTS) is 1. The van der Waals surface area contributed by atoms with Gasteiger partial charge in [-0.1, -0.05) is 19.3 Å². The Labute approximate surface area is 130 Å². The molecule has 120 valence electrons. The highest BCUT2D eigenvalue weighted by atomic mass is 32.2. The third-order valence-electron chi connectivity index (χ3n) is 4.37. The predicted molar refractivity (Wildman–Crippen MR) is 82.5 cm³/mol. The van der Waals surface area contributed by atoms with E-state index >= 15 is 0 Å². The first-order valence-electron chi connectivity index (χ1n) is 7.76. The summed E-state index contributed by atoms with van der Waals surface area (Å²) in [5, 5.41) is 11.5. The van der Waals surface area contributed by atoms with Crippen molar-refractivity contribution >= 4 is 23.6 Å². The molecule has 2 atom stereocenters. The lowest BCUT2D eigenvalue weighted by Gasteiger charge is -2.33. The number of hydrogen-bond donors (Lipinski definition) is 2. The SMILES string of the molecule is CC(=O)N[C@@H](CSCC1CCC2(CCCCC2)O1)C(=O)O.